The van der Waals surface area contributed by atoms with E-state index in [1.807, 2.05) is 6.92 Å². The van der Waals surface area contributed by atoms with E-state index in [9.17, 15) is 0 Å². The second-order valence-corrected chi connectivity index (χ2v) is 2.08. The van der Waals surface area contributed by atoms with Crippen LogP contribution in [0.3, 0.4) is 0 Å². The Labute approximate surface area is 47.6 Å². The van der Waals surface area contributed by atoms with E-state index in [0.717, 1.165) is 6.42 Å². The van der Waals surface area contributed by atoms with Gasteiger partial charge in [0.25, 0.3) is 0 Å². The molecular formula is C3H8Cl2O. The zero-order valence-electron chi connectivity index (χ0n) is 3.54. The summed E-state index contributed by atoms with van der Waals surface area (Å²) in [6, 6.07) is 0. The van der Waals surface area contributed by atoms with E-state index in [1.165, 1.54) is 0 Å². The number of hydrogen-bond donors (Lipinski definition) is 0. The van der Waals surface area contributed by atoms with Crippen LogP contribution in [0.4, 0.5) is 0 Å². The van der Waals surface area contributed by atoms with Crippen LogP contribution in [-0.4, -0.2) is 10.3 Å². The Morgan fingerprint density at radius 2 is 1.67 bits per heavy atom. The van der Waals surface area contributed by atoms with Gasteiger partial charge in [-0.3, -0.25) is 0 Å². The van der Waals surface area contributed by atoms with Crippen LogP contribution in [0.15, 0.2) is 0 Å². The van der Waals surface area contributed by atoms with Crippen LogP contribution >= 0.6 is 23.2 Å². The van der Waals surface area contributed by atoms with Crippen molar-refractivity contribution in [1.29, 1.82) is 0 Å². The van der Waals surface area contributed by atoms with Crippen molar-refractivity contribution in [3.8, 4) is 0 Å². The van der Waals surface area contributed by atoms with Crippen LogP contribution < -0.4 is 0 Å². The summed E-state index contributed by atoms with van der Waals surface area (Å²) in [6.45, 7) is 1.94. The van der Waals surface area contributed by atoms with Crippen molar-refractivity contribution in [3.05, 3.63) is 0 Å². The smallest absolute Gasteiger partial charge is 0.107 e. The second kappa shape index (κ2) is 5.54. The van der Waals surface area contributed by atoms with Crippen LogP contribution in [0.5, 0.6) is 0 Å². The molecule has 0 aliphatic heterocycles. The largest absolute Gasteiger partial charge is 0.412 e. The lowest BCUT2D eigenvalue weighted by Crippen LogP contribution is -1.75. The fourth-order valence-corrected chi connectivity index (χ4v) is 0. The van der Waals surface area contributed by atoms with E-state index < -0.39 is 0 Å². The molecule has 0 aromatic rings. The third kappa shape index (κ3) is 8.82. The molecule has 2 N–H and O–H groups in total. The monoisotopic (exact) mass is 130 g/mol. The lowest BCUT2D eigenvalue weighted by Gasteiger charge is -1.84. The first-order valence-electron chi connectivity index (χ1n) is 1.55. The van der Waals surface area contributed by atoms with E-state index in [2.05, 4.69) is 0 Å². The molecule has 0 saturated heterocycles. The minimum Gasteiger partial charge on any atom is -0.412 e. The molecule has 1 nitrogen and oxygen atoms in total. The Kier molecular flexibility index (Phi) is 8.99. The van der Waals surface area contributed by atoms with Crippen molar-refractivity contribution in [2.75, 3.05) is 0 Å². The van der Waals surface area contributed by atoms with Gasteiger partial charge < -0.3 is 5.48 Å². The van der Waals surface area contributed by atoms with Crippen LogP contribution in [0.2, 0.25) is 0 Å². The summed E-state index contributed by atoms with van der Waals surface area (Å²) >= 11 is 10.5. The average molecular weight is 131 g/mol. The van der Waals surface area contributed by atoms with Gasteiger partial charge in [-0.2, -0.15) is 0 Å². The molecule has 0 aromatic heterocycles. The Bertz CT molecular complexity index is 22.8. The predicted molar refractivity (Wildman–Crippen MR) is 29.4 cm³/mol. The molecule has 3 heteroatoms. The van der Waals surface area contributed by atoms with Crippen LogP contribution in [0.1, 0.15) is 13.3 Å². The normalized spacial score (nSPS) is 8.00. The highest BCUT2D eigenvalue weighted by molar-refractivity contribution is 6.44. The summed E-state index contributed by atoms with van der Waals surface area (Å²) < 4.78 is 0. The molecule has 0 spiro atoms. The zero-order valence-corrected chi connectivity index (χ0v) is 5.05. The van der Waals surface area contributed by atoms with E-state index in [0.29, 0.717) is 0 Å². The number of rotatable bonds is 1. The van der Waals surface area contributed by atoms with Gasteiger partial charge in [-0.15, -0.1) is 23.2 Å². The predicted octanol–water partition coefficient (Wildman–Crippen LogP) is 1.38. The van der Waals surface area contributed by atoms with Crippen molar-refractivity contribution in [2.45, 2.75) is 18.2 Å². The first-order chi connectivity index (χ1) is 2.27. The third-order valence-corrected chi connectivity index (χ3v) is 0.926. The van der Waals surface area contributed by atoms with Crippen molar-refractivity contribution in [2.24, 2.45) is 0 Å². The molecule has 40 valence electrons. The van der Waals surface area contributed by atoms with Crippen molar-refractivity contribution in [3.63, 3.8) is 0 Å². The number of alkyl halides is 2. The minimum atomic E-state index is -0.171. The van der Waals surface area contributed by atoms with E-state index in [-0.39, 0.29) is 10.3 Å². The molecule has 0 atom stereocenters. The summed E-state index contributed by atoms with van der Waals surface area (Å²) in [7, 11) is 0. The van der Waals surface area contributed by atoms with Gasteiger partial charge in [-0.25, -0.2) is 0 Å². The van der Waals surface area contributed by atoms with Gasteiger partial charge in [0.15, 0.2) is 0 Å². The molecule has 0 bridgehead atoms. The molecule has 0 aromatic carbocycles. The van der Waals surface area contributed by atoms with Gasteiger partial charge in [-0.05, 0) is 6.42 Å². The van der Waals surface area contributed by atoms with Crippen molar-refractivity contribution < 1.29 is 5.48 Å². The molecule has 0 saturated carbocycles. The van der Waals surface area contributed by atoms with Gasteiger partial charge >= 0.3 is 0 Å². The first kappa shape index (κ1) is 9.74. The summed E-state index contributed by atoms with van der Waals surface area (Å²) in [5.74, 6) is 0. The maximum atomic E-state index is 5.23. The fourth-order valence-electron chi connectivity index (χ4n) is 0. The lowest BCUT2D eigenvalue weighted by atomic mass is 10.6. The topological polar surface area (TPSA) is 31.5 Å². The molecule has 0 radical (unpaired) electrons. The van der Waals surface area contributed by atoms with Gasteiger partial charge in [0.1, 0.15) is 4.84 Å². The molecule has 0 aliphatic carbocycles. The summed E-state index contributed by atoms with van der Waals surface area (Å²) in [5.41, 5.74) is 0. The van der Waals surface area contributed by atoms with Gasteiger partial charge in [0.05, 0.1) is 0 Å². The molecule has 0 unspecified atom stereocenters. The molecular weight excluding hydrogens is 123 g/mol. The van der Waals surface area contributed by atoms with Crippen molar-refractivity contribution in [1.82, 2.24) is 0 Å². The summed E-state index contributed by atoms with van der Waals surface area (Å²) in [4.78, 5) is -0.171. The quantitative estimate of drug-likeness (QED) is 0.481. The standard InChI is InChI=1S/C3H6Cl2.H2O/c1-2-3(4)5;/h3H,2H2,1H3;1H2. The molecule has 0 heterocycles. The lowest BCUT2D eigenvalue weighted by molar-refractivity contribution is 0.824. The van der Waals surface area contributed by atoms with Crippen LogP contribution in [-0.2, 0) is 0 Å². The van der Waals surface area contributed by atoms with E-state index in [1.54, 1.807) is 0 Å². The van der Waals surface area contributed by atoms with Crippen molar-refractivity contribution >= 4 is 23.2 Å². The molecule has 0 rings (SSSR count). The summed E-state index contributed by atoms with van der Waals surface area (Å²) in [6.07, 6.45) is 0.836. The van der Waals surface area contributed by atoms with Gasteiger partial charge in [0, 0.05) is 0 Å². The van der Waals surface area contributed by atoms with Crippen LogP contribution in [0, 0.1) is 0 Å². The van der Waals surface area contributed by atoms with Gasteiger partial charge in [-0.1, -0.05) is 6.92 Å². The highest BCUT2D eigenvalue weighted by atomic mass is 35.5. The number of halogens is 2. The maximum Gasteiger partial charge on any atom is 0.107 e. The highest BCUT2D eigenvalue weighted by Gasteiger charge is 1.86. The zero-order chi connectivity index (χ0) is 4.28. The third-order valence-electron chi connectivity index (χ3n) is 0.309. The number of hydrogen-bond acceptors (Lipinski definition) is 0. The molecule has 0 amide bonds. The minimum absolute atomic E-state index is 0. The maximum absolute atomic E-state index is 5.23. The molecule has 0 fully saturated rings. The Morgan fingerprint density at radius 3 is 1.67 bits per heavy atom. The Hall–Kier alpha value is 0.540. The Balaban J connectivity index is 0. The Morgan fingerprint density at radius 1 is 1.50 bits per heavy atom. The summed E-state index contributed by atoms with van der Waals surface area (Å²) in [5, 5.41) is 0. The van der Waals surface area contributed by atoms with E-state index in [4.69, 9.17) is 23.2 Å². The van der Waals surface area contributed by atoms with Gasteiger partial charge in [0.2, 0.25) is 0 Å². The average Bonchev–Trinajstić information content (AvgIpc) is 1.38. The van der Waals surface area contributed by atoms with E-state index >= 15 is 0 Å². The molecule has 0 aliphatic rings. The van der Waals surface area contributed by atoms with Crippen LogP contribution in [0.25, 0.3) is 0 Å². The SMILES string of the molecule is CCC(Cl)Cl.O. The first-order valence-corrected chi connectivity index (χ1v) is 2.42. The highest BCUT2D eigenvalue weighted by Crippen LogP contribution is 2.03. The molecule has 6 heavy (non-hydrogen) atoms. The fraction of sp³-hybridized carbons (Fsp3) is 1.00. The second-order valence-electron chi connectivity index (χ2n) is 0.799.